The van der Waals surface area contributed by atoms with Crippen molar-refractivity contribution in [1.29, 1.82) is 0 Å². The van der Waals surface area contributed by atoms with Gasteiger partial charge in [0.1, 0.15) is 12.1 Å². The van der Waals surface area contributed by atoms with E-state index < -0.39 is 11.7 Å². The highest BCUT2D eigenvalue weighted by molar-refractivity contribution is 6.45. The van der Waals surface area contributed by atoms with Crippen LogP contribution in [0, 0.1) is 6.92 Å². The summed E-state index contributed by atoms with van der Waals surface area (Å²) in [5.74, 6) is -0.546. The highest BCUT2D eigenvalue weighted by atomic mass is 16.5. The third kappa shape index (κ3) is 4.10. The smallest absolute Gasteiger partial charge is 0.292 e. The first-order valence-electron chi connectivity index (χ1n) is 9.89. The largest absolute Gasteiger partial charge is 0.383 e. The number of ether oxygens (including phenoxy) is 1. The zero-order chi connectivity index (χ0) is 21.8. The standard InChI is InChI=1S/C21H23N7O3/c1-13-17(14-5-3-4-6-16(14)27-13)18(29)21(30)23-7-9-28-20-15(11-26-28)19(24-12-25-20)22-8-10-31-2/h3-6,11-12,27H,7-10H2,1-2H3,(H,23,30)(H,22,24,25). The molecule has 0 bridgehead atoms. The Morgan fingerprint density at radius 1 is 1.16 bits per heavy atom. The fraction of sp³-hybridized carbons (Fsp3) is 0.286. The van der Waals surface area contributed by atoms with Gasteiger partial charge in [-0.05, 0) is 13.0 Å². The van der Waals surface area contributed by atoms with Crippen LogP contribution in [0.25, 0.3) is 21.9 Å². The molecular formula is C21H23N7O3. The number of nitrogens with zero attached hydrogens (tertiary/aromatic N) is 4. The van der Waals surface area contributed by atoms with E-state index in [9.17, 15) is 9.59 Å². The number of fused-ring (bicyclic) bond motifs is 2. The number of aryl methyl sites for hydroxylation is 1. The Morgan fingerprint density at radius 2 is 2.00 bits per heavy atom. The molecule has 3 N–H and O–H groups in total. The van der Waals surface area contributed by atoms with Gasteiger partial charge in [0, 0.05) is 36.8 Å². The van der Waals surface area contributed by atoms with Crippen molar-refractivity contribution in [3.63, 3.8) is 0 Å². The van der Waals surface area contributed by atoms with E-state index in [2.05, 4.69) is 30.7 Å². The highest BCUT2D eigenvalue weighted by Gasteiger charge is 2.22. The molecule has 0 aliphatic carbocycles. The van der Waals surface area contributed by atoms with Gasteiger partial charge in [0.2, 0.25) is 0 Å². The molecule has 3 aromatic heterocycles. The summed E-state index contributed by atoms with van der Waals surface area (Å²) in [5.41, 5.74) is 2.54. The molecule has 1 aromatic carbocycles. The number of Topliss-reactive ketones (excluding diaryl/α,β-unsaturated/α-hetero) is 1. The molecular weight excluding hydrogens is 398 g/mol. The second-order valence-electron chi connectivity index (χ2n) is 7.00. The molecule has 1 amide bonds. The first-order chi connectivity index (χ1) is 15.1. The zero-order valence-electron chi connectivity index (χ0n) is 17.3. The number of hydrogen-bond donors (Lipinski definition) is 3. The van der Waals surface area contributed by atoms with Crippen LogP contribution in [-0.4, -0.2) is 63.2 Å². The zero-order valence-corrected chi connectivity index (χ0v) is 17.3. The number of nitrogens with one attached hydrogen (secondary N) is 3. The van der Waals surface area contributed by atoms with Gasteiger partial charge in [0.25, 0.3) is 11.7 Å². The van der Waals surface area contributed by atoms with Crippen LogP contribution in [0.2, 0.25) is 0 Å². The maximum Gasteiger partial charge on any atom is 0.292 e. The molecule has 0 aliphatic rings. The number of benzene rings is 1. The highest BCUT2D eigenvalue weighted by Crippen LogP contribution is 2.22. The molecule has 0 unspecified atom stereocenters. The number of H-pyrrole nitrogens is 1. The molecule has 0 spiro atoms. The van der Waals surface area contributed by atoms with Crippen molar-refractivity contribution in [2.75, 3.05) is 32.1 Å². The van der Waals surface area contributed by atoms with Crippen LogP contribution in [0.3, 0.4) is 0 Å². The molecule has 4 aromatic rings. The number of amides is 1. The third-order valence-corrected chi connectivity index (χ3v) is 4.97. The number of rotatable bonds is 9. The summed E-state index contributed by atoms with van der Waals surface area (Å²) in [6.07, 6.45) is 3.13. The number of carbonyl (C=O) groups excluding carboxylic acids is 2. The Morgan fingerprint density at radius 3 is 2.84 bits per heavy atom. The molecule has 0 fully saturated rings. The maximum absolute atomic E-state index is 12.7. The van der Waals surface area contributed by atoms with E-state index in [1.54, 1.807) is 24.9 Å². The third-order valence-electron chi connectivity index (χ3n) is 4.97. The molecule has 160 valence electrons. The predicted octanol–water partition coefficient (Wildman–Crippen LogP) is 1.67. The number of aromatic amines is 1. The number of carbonyl (C=O) groups is 2. The minimum Gasteiger partial charge on any atom is -0.383 e. The molecule has 0 saturated heterocycles. The summed E-state index contributed by atoms with van der Waals surface area (Å²) in [5, 5.41) is 11.7. The quantitative estimate of drug-likeness (QED) is 0.213. The summed E-state index contributed by atoms with van der Waals surface area (Å²) in [6, 6.07) is 7.42. The van der Waals surface area contributed by atoms with Crippen LogP contribution in [0.4, 0.5) is 5.82 Å². The second kappa shape index (κ2) is 8.92. The molecule has 0 saturated carbocycles. The summed E-state index contributed by atoms with van der Waals surface area (Å²) >= 11 is 0. The minimum absolute atomic E-state index is 0.235. The Labute approximate surface area is 178 Å². The number of anilines is 1. The van der Waals surface area contributed by atoms with E-state index >= 15 is 0 Å². The predicted molar refractivity (Wildman–Crippen MR) is 116 cm³/mol. The van der Waals surface area contributed by atoms with E-state index in [4.69, 9.17) is 4.74 Å². The monoisotopic (exact) mass is 421 g/mol. The first-order valence-corrected chi connectivity index (χ1v) is 9.89. The van der Waals surface area contributed by atoms with E-state index in [1.807, 2.05) is 24.3 Å². The molecule has 10 nitrogen and oxygen atoms in total. The lowest BCUT2D eigenvalue weighted by molar-refractivity contribution is -0.117. The molecule has 4 rings (SSSR count). The number of aromatic nitrogens is 5. The van der Waals surface area contributed by atoms with E-state index in [-0.39, 0.29) is 6.54 Å². The van der Waals surface area contributed by atoms with Crippen molar-refractivity contribution in [1.82, 2.24) is 30.0 Å². The van der Waals surface area contributed by atoms with Gasteiger partial charge >= 0.3 is 0 Å². The molecule has 0 aliphatic heterocycles. The van der Waals surface area contributed by atoms with Crippen LogP contribution in [0.1, 0.15) is 16.1 Å². The maximum atomic E-state index is 12.7. The summed E-state index contributed by atoms with van der Waals surface area (Å²) < 4.78 is 6.70. The van der Waals surface area contributed by atoms with Gasteiger partial charge < -0.3 is 20.4 Å². The fourth-order valence-electron chi connectivity index (χ4n) is 3.51. The van der Waals surface area contributed by atoms with Gasteiger partial charge in [-0.3, -0.25) is 9.59 Å². The molecule has 3 heterocycles. The van der Waals surface area contributed by atoms with Crippen LogP contribution >= 0.6 is 0 Å². The lowest BCUT2D eigenvalue weighted by atomic mass is 10.1. The van der Waals surface area contributed by atoms with Gasteiger partial charge in [0.15, 0.2) is 5.65 Å². The molecule has 31 heavy (non-hydrogen) atoms. The van der Waals surface area contributed by atoms with Crippen molar-refractivity contribution in [3.05, 3.63) is 48.0 Å². The lowest BCUT2D eigenvalue weighted by Gasteiger charge is -2.07. The van der Waals surface area contributed by atoms with Crippen molar-refractivity contribution >= 4 is 39.4 Å². The number of para-hydroxylation sites is 1. The number of methoxy groups -OCH3 is 1. The summed E-state index contributed by atoms with van der Waals surface area (Å²) in [7, 11) is 1.63. The fourth-order valence-corrected chi connectivity index (χ4v) is 3.51. The average molecular weight is 421 g/mol. The lowest BCUT2D eigenvalue weighted by Crippen LogP contribution is -2.33. The van der Waals surface area contributed by atoms with Crippen LogP contribution < -0.4 is 10.6 Å². The SMILES string of the molecule is COCCNc1ncnc2c1cnn2CCNC(=O)C(=O)c1c(C)[nH]c2ccccc12. The topological polar surface area (TPSA) is 127 Å². The Balaban J connectivity index is 1.41. The number of hydrogen-bond acceptors (Lipinski definition) is 7. The van der Waals surface area contributed by atoms with Gasteiger partial charge in [-0.25, -0.2) is 14.6 Å². The number of ketones is 1. The summed E-state index contributed by atoms with van der Waals surface area (Å²) in [6.45, 7) is 3.55. The van der Waals surface area contributed by atoms with Crippen molar-refractivity contribution < 1.29 is 14.3 Å². The van der Waals surface area contributed by atoms with Gasteiger partial charge in [-0.1, -0.05) is 18.2 Å². The van der Waals surface area contributed by atoms with Crippen LogP contribution in [0.15, 0.2) is 36.8 Å². The molecule has 0 atom stereocenters. The second-order valence-corrected chi connectivity index (χ2v) is 7.00. The minimum atomic E-state index is -0.652. The van der Waals surface area contributed by atoms with Gasteiger partial charge in [-0.15, -0.1) is 0 Å². The Hall–Kier alpha value is -3.79. The first kappa shape index (κ1) is 20.5. The summed E-state index contributed by atoms with van der Waals surface area (Å²) in [4.78, 5) is 36.9. The molecule has 0 radical (unpaired) electrons. The average Bonchev–Trinajstić information content (AvgIpc) is 3.34. The van der Waals surface area contributed by atoms with E-state index in [0.29, 0.717) is 42.4 Å². The van der Waals surface area contributed by atoms with E-state index in [1.165, 1.54) is 6.33 Å². The van der Waals surface area contributed by atoms with Crippen LogP contribution in [-0.2, 0) is 16.1 Å². The van der Waals surface area contributed by atoms with Gasteiger partial charge in [-0.2, -0.15) is 5.10 Å². The Kier molecular flexibility index (Phi) is 5.89. The van der Waals surface area contributed by atoms with Crippen molar-refractivity contribution in [3.8, 4) is 0 Å². The van der Waals surface area contributed by atoms with Crippen molar-refractivity contribution in [2.24, 2.45) is 0 Å². The Bertz CT molecular complexity index is 1240. The van der Waals surface area contributed by atoms with Crippen LogP contribution in [0.5, 0.6) is 0 Å². The van der Waals surface area contributed by atoms with Gasteiger partial charge in [0.05, 0.1) is 30.3 Å². The normalized spacial score (nSPS) is 11.2. The van der Waals surface area contributed by atoms with Crippen molar-refractivity contribution in [2.45, 2.75) is 13.5 Å². The molecule has 10 heteroatoms. The van der Waals surface area contributed by atoms with E-state index in [0.717, 1.165) is 16.3 Å².